The van der Waals surface area contributed by atoms with Gasteiger partial charge in [0.1, 0.15) is 18.1 Å². The van der Waals surface area contributed by atoms with Gasteiger partial charge in [0.15, 0.2) is 6.61 Å². The molecular formula is C35H25F3O4S. The number of benzene rings is 4. The second-order valence-electron chi connectivity index (χ2n) is 9.59. The van der Waals surface area contributed by atoms with Gasteiger partial charge in [0.05, 0.1) is 5.56 Å². The Hall–Kier alpha value is -5.00. The normalized spacial score (nSPS) is 11.6. The third-order valence-electron chi connectivity index (χ3n) is 6.49. The highest BCUT2D eigenvalue weighted by atomic mass is 32.1. The number of carboxylic acids is 1. The number of alkyl halides is 3. The van der Waals surface area contributed by atoms with Crippen LogP contribution in [-0.2, 0) is 11.0 Å². The molecule has 5 aromatic rings. The van der Waals surface area contributed by atoms with Crippen LogP contribution in [0.2, 0.25) is 0 Å². The topological polar surface area (TPSA) is 55.8 Å². The zero-order chi connectivity index (χ0) is 30.4. The second-order valence-corrected chi connectivity index (χ2v) is 10.7. The number of hydrogen-bond donors (Lipinski definition) is 1. The molecule has 0 saturated heterocycles. The van der Waals surface area contributed by atoms with Gasteiger partial charge in [0.2, 0.25) is 0 Å². The zero-order valence-corrected chi connectivity index (χ0v) is 23.8. The van der Waals surface area contributed by atoms with Gasteiger partial charge in [-0.2, -0.15) is 13.2 Å². The van der Waals surface area contributed by atoms with Gasteiger partial charge in [-0.15, -0.1) is 11.3 Å². The van der Waals surface area contributed by atoms with Crippen LogP contribution in [0.25, 0.3) is 15.7 Å². The van der Waals surface area contributed by atoms with Crippen molar-refractivity contribution < 1.29 is 32.5 Å². The van der Waals surface area contributed by atoms with E-state index in [1.165, 1.54) is 12.1 Å². The van der Waals surface area contributed by atoms with Crippen molar-refractivity contribution in [1.29, 1.82) is 0 Å². The first-order valence-electron chi connectivity index (χ1n) is 13.2. The summed E-state index contributed by atoms with van der Waals surface area (Å²) in [5.41, 5.74) is 3.24. The molecule has 0 aliphatic heterocycles. The van der Waals surface area contributed by atoms with Crippen LogP contribution in [0.5, 0.6) is 11.5 Å². The fourth-order valence-electron chi connectivity index (χ4n) is 4.33. The van der Waals surface area contributed by atoms with Crippen LogP contribution in [-0.4, -0.2) is 24.3 Å². The van der Waals surface area contributed by atoms with Gasteiger partial charge in [0.25, 0.3) is 0 Å². The molecule has 216 valence electrons. The average Bonchev–Trinajstić information content (AvgIpc) is 3.42. The van der Waals surface area contributed by atoms with Gasteiger partial charge in [-0.3, -0.25) is 0 Å². The number of rotatable bonds is 8. The molecule has 1 heterocycles. The highest BCUT2D eigenvalue weighted by Gasteiger charge is 2.29. The highest BCUT2D eigenvalue weighted by Crippen LogP contribution is 2.34. The lowest BCUT2D eigenvalue weighted by Gasteiger charge is -2.11. The molecule has 0 spiro atoms. The van der Waals surface area contributed by atoms with Crippen LogP contribution < -0.4 is 9.47 Å². The summed E-state index contributed by atoms with van der Waals surface area (Å²) < 4.78 is 51.0. The highest BCUT2D eigenvalue weighted by molar-refractivity contribution is 7.20. The number of hydrogen-bond acceptors (Lipinski definition) is 4. The molecule has 4 aromatic carbocycles. The lowest BCUT2D eigenvalue weighted by molar-refractivity contribution is -0.139. The molecule has 43 heavy (non-hydrogen) atoms. The third-order valence-corrected chi connectivity index (χ3v) is 7.63. The lowest BCUT2D eigenvalue weighted by Crippen LogP contribution is -2.10. The van der Waals surface area contributed by atoms with Gasteiger partial charge in [-0.1, -0.05) is 42.2 Å². The fourth-order valence-corrected chi connectivity index (χ4v) is 5.46. The number of carbonyl (C=O) groups is 1. The Bertz CT molecular complexity index is 1810. The SMILES string of the molecule is Cc1cc(OCC=C(c2ccc(C#Cc3ccc(C(F)(F)F)cc3)cc2)c2cc3ccccc3s2)ccc1OCC(=O)O. The molecule has 0 aliphatic rings. The molecule has 1 N–H and O–H groups in total. The molecular weight excluding hydrogens is 573 g/mol. The first-order valence-corrected chi connectivity index (χ1v) is 14.0. The van der Waals surface area contributed by atoms with Crippen LogP contribution >= 0.6 is 11.3 Å². The molecule has 8 heteroatoms. The summed E-state index contributed by atoms with van der Waals surface area (Å²) in [5, 5.41) is 9.99. The minimum Gasteiger partial charge on any atom is -0.489 e. The van der Waals surface area contributed by atoms with Crippen LogP contribution in [0.15, 0.2) is 103 Å². The number of halogens is 3. The molecule has 0 radical (unpaired) electrons. The van der Waals surface area contributed by atoms with Crippen molar-refractivity contribution >= 4 is 33.0 Å². The van der Waals surface area contributed by atoms with Crippen molar-refractivity contribution in [3.05, 3.63) is 136 Å². The summed E-state index contributed by atoms with van der Waals surface area (Å²) in [7, 11) is 0. The number of aliphatic carboxylic acids is 1. The Morgan fingerprint density at radius 1 is 0.884 bits per heavy atom. The number of fused-ring (bicyclic) bond motifs is 1. The monoisotopic (exact) mass is 598 g/mol. The molecule has 4 nitrogen and oxygen atoms in total. The summed E-state index contributed by atoms with van der Waals surface area (Å²) >= 11 is 1.68. The number of carboxylic acid groups (broad SMARTS) is 1. The summed E-state index contributed by atoms with van der Waals surface area (Å²) in [4.78, 5) is 11.9. The van der Waals surface area contributed by atoms with Crippen LogP contribution in [0.1, 0.15) is 32.7 Å². The van der Waals surface area contributed by atoms with Crippen LogP contribution in [0, 0.1) is 18.8 Å². The largest absolute Gasteiger partial charge is 0.489 e. The molecule has 0 bridgehead atoms. The molecule has 5 rings (SSSR count). The van der Waals surface area contributed by atoms with E-state index in [4.69, 9.17) is 14.6 Å². The second kappa shape index (κ2) is 12.9. The minimum absolute atomic E-state index is 0.286. The van der Waals surface area contributed by atoms with Crippen molar-refractivity contribution in [2.75, 3.05) is 13.2 Å². The van der Waals surface area contributed by atoms with Crippen molar-refractivity contribution in [1.82, 2.24) is 0 Å². The number of ether oxygens (including phenoxy) is 2. The number of thiophene rings is 1. The van der Waals surface area contributed by atoms with E-state index in [1.54, 1.807) is 29.5 Å². The third kappa shape index (κ3) is 7.64. The van der Waals surface area contributed by atoms with Crippen molar-refractivity contribution in [2.45, 2.75) is 13.1 Å². The fraction of sp³-hybridized carbons (Fsp3) is 0.114. The maximum absolute atomic E-state index is 12.8. The van der Waals surface area contributed by atoms with Gasteiger partial charge in [0, 0.05) is 20.7 Å². The lowest BCUT2D eigenvalue weighted by atomic mass is 10.0. The van der Waals surface area contributed by atoms with E-state index in [2.05, 4.69) is 30.0 Å². The minimum atomic E-state index is -4.38. The quantitative estimate of drug-likeness (QED) is 0.182. The average molecular weight is 599 g/mol. The maximum Gasteiger partial charge on any atom is 0.416 e. The van der Waals surface area contributed by atoms with Gasteiger partial charge < -0.3 is 14.6 Å². The van der Waals surface area contributed by atoms with E-state index in [9.17, 15) is 18.0 Å². The predicted molar refractivity (Wildman–Crippen MR) is 163 cm³/mol. The molecule has 0 amide bonds. The van der Waals surface area contributed by atoms with Gasteiger partial charge >= 0.3 is 12.1 Å². The van der Waals surface area contributed by atoms with Crippen molar-refractivity contribution in [3.8, 4) is 23.3 Å². The van der Waals surface area contributed by atoms with Gasteiger partial charge in [-0.25, -0.2) is 4.79 Å². The standard InChI is InChI=1S/C35H25F3O4S/c1-23-20-29(16-17-31(23)42-22-34(39)40)41-19-18-30(33-21-27-4-2-3-5-32(27)43-33)26-12-8-24(9-13-26)6-7-25-10-14-28(15-11-25)35(36,37)38/h2-5,8-18,20-21H,19,22H2,1H3,(H,39,40). The van der Waals surface area contributed by atoms with E-state index in [1.807, 2.05) is 49.4 Å². The Labute approximate surface area is 250 Å². The molecule has 0 atom stereocenters. The summed E-state index contributed by atoms with van der Waals surface area (Å²) in [6.45, 7) is 1.69. The van der Waals surface area contributed by atoms with Crippen LogP contribution in [0.3, 0.4) is 0 Å². The summed E-state index contributed by atoms with van der Waals surface area (Å²) in [5.74, 6) is 6.01. The Kier molecular flexibility index (Phi) is 8.84. The van der Waals surface area contributed by atoms with Gasteiger partial charge in [-0.05, 0) is 102 Å². The zero-order valence-electron chi connectivity index (χ0n) is 22.9. The molecule has 0 fully saturated rings. The first-order chi connectivity index (χ1) is 20.7. The van der Waals surface area contributed by atoms with E-state index in [-0.39, 0.29) is 6.61 Å². The van der Waals surface area contributed by atoms with E-state index in [0.717, 1.165) is 49.4 Å². The predicted octanol–water partition coefficient (Wildman–Crippen LogP) is 8.60. The molecule has 0 aliphatic carbocycles. The van der Waals surface area contributed by atoms with Crippen molar-refractivity contribution in [3.63, 3.8) is 0 Å². The molecule has 1 aromatic heterocycles. The summed E-state index contributed by atoms with van der Waals surface area (Å²) in [6.07, 6.45) is -2.37. The smallest absolute Gasteiger partial charge is 0.416 e. The molecule has 0 saturated carbocycles. The van der Waals surface area contributed by atoms with E-state index < -0.39 is 24.3 Å². The maximum atomic E-state index is 12.8. The number of aryl methyl sites for hydroxylation is 1. The summed E-state index contributed by atoms with van der Waals surface area (Å²) in [6, 6.07) is 28.0. The Morgan fingerprint density at radius 3 is 2.19 bits per heavy atom. The van der Waals surface area contributed by atoms with Crippen LogP contribution in [0.4, 0.5) is 13.2 Å². The van der Waals surface area contributed by atoms with Crippen molar-refractivity contribution in [2.24, 2.45) is 0 Å². The van der Waals surface area contributed by atoms with E-state index in [0.29, 0.717) is 17.1 Å². The van der Waals surface area contributed by atoms with E-state index >= 15 is 0 Å². The Morgan fingerprint density at radius 2 is 1.56 bits per heavy atom. The first kappa shape index (κ1) is 29.5. The molecule has 0 unspecified atom stereocenters. The Balaban J connectivity index is 1.36.